The topological polar surface area (TPSA) is 71.4 Å². The maximum absolute atomic E-state index is 13.6. The number of ether oxygens (including phenoxy) is 2. The zero-order valence-corrected chi connectivity index (χ0v) is 21.0. The third kappa shape index (κ3) is 5.78. The Bertz CT molecular complexity index is 1190. The molecule has 0 aliphatic carbocycles. The van der Waals surface area contributed by atoms with Crippen molar-refractivity contribution in [2.75, 3.05) is 33.9 Å². The van der Waals surface area contributed by atoms with Crippen LogP contribution in [0.3, 0.4) is 0 Å². The standard InChI is InChI=1S/C27H29N3O4S/c1-19-9-11-20(12-10-19)24-17-23(21-6-4-7-22(16-21)34-3)28-30(24)26(31)18-29(13-14-33-2)27(32)25-8-5-15-35-25/h4-12,15-16,24H,13-14,17-18H2,1-3H3. The summed E-state index contributed by atoms with van der Waals surface area (Å²) in [5, 5.41) is 8.13. The second-order valence-corrected chi connectivity index (χ2v) is 9.29. The molecule has 2 heterocycles. The number of carbonyl (C=O) groups excluding carboxylic acids is 2. The summed E-state index contributed by atoms with van der Waals surface area (Å²) in [6, 6.07) is 19.1. The van der Waals surface area contributed by atoms with Crippen LogP contribution in [0.25, 0.3) is 0 Å². The van der Waals surface area contributed by atoms with Gasteiger partial charge in [-0.2, -0.15) is 5.10 Å². The fraction of sp³-hybridized carbons (Fsp3) is 0.296. The lowest BCUT2D eigenvalue weighted by atomic mass is 9.97. The van der Waals surface area contributed by atoms with Gasteiger partial charge in [0, 0.05) is 25.6 Å². The van der Waals surface area contributed by atoms with Gasteiger partial charge in [-0.15, -0.1) is 11.3 Å². The van der Waals surface area contributed by atoms with E-state index in [4.69, 9.17) is 14.6 Å². The highest BCUT2D eigenvalue weighted by Crippen LogP contribution is 2.33. The van der Waals surface area contributed by atoms with E-state index in [-0.39, 0.29) is 24.4 Å². The monoisotopic (exact) mass is 491 g/mol. The van der Waals surface area contributed by atoms with Crippen LogP contribution in [-0.2, 0) is 9.53 Å². The van der Waals surface area contributed by atoms with Crippen LogP contribution in [-0.4, -0.2) is 61.4 Å². The summed E-state index contributed by atoms with van der Waals surface area (Å²) < 4.78 is 10.6. The first-order chi connectivity index (χ1) is 17.0. The third-order valence-electron chi connectivity index (χ3n) is 5.94. The van der Waals surface area contributed by atoms with E-state index in [1.165, 1.54) is 21.2 Å². The van der Waals surface area contributed by atoms with E-state index in [1.807, 2.05) is 66.9 Å². The number of hydrazone groups is 1. The van der Waals surface area contributed by atoms with Gasteiger partial charge in [0.2, 0.25) is 0 Å². The molecule has 1 aliphatic rings. The van der Waals surface area contributed by atoms with Crippen LogP contribution in [0.2, 0.25) is 0 Å². The van der Waals surface area contributed by atoms with Crippen LogP contribution in [0.4, 0.5) is 0 Å². The van der Waals surface area contributed by atoms with Gasteiger partial charge in [-0.05, 0) is 36.1 Å². The summed E-state index contributed by atoms with van der Waals surface area (Å²) >= 11 is 1.36. The van der Waals surface area contributed by atoms with Crippen LogP contribution in [0, 0.1) is 6.92 Å². The van der Waals surface area contributed by atoms with E-state index < -0.39 is 0 Å². The first-order valence-corrected chi connectivity index (χ1v) is 12.3. The molecule has 0 saturated heterocycles. The number of amides is 2. The average Bonchev–Trinajstić information content (AvgIpc) is 3.57. The first kappa shape index (κ1) is 24.6. The Balaban J connectivity index is 1.63. The Morgan fingerprint density at radius 2 is 1.91 bits per heavy atom. The fourth-order valence-corrected chi connectivity index (χ4v) is 4.70. The molecule has 1 atom stereocenters. The molecule has 35 heavy (non-hydrogen) atoms. The fourth-order valence-electron chi connectivity index (χ4n) is 4.01. The molecule has 2 amide bonds. The molecular weight excluding hydrogens is 462 g/mol. The van der Waals surface area contributed by atoms with E-state index in [0.29, 0.717) is 24.4 Å². The molecule has 0 saturated carbocycles. The van der Waals surface area contributed by atoms with Crippen LogP contribution >= 0.6 is 11.3 Å². The molecule has 0 bridgehead atoms. The second kappa shape index (κ2) is 11.3. The summed E-state index contributed by atoms with van der Waals surface area (Å²) in [6.45, 7) is 2.60. The third-order valence-corrected chi connectivity index (χ3v) is 6.80. The molecule has 0 fully saturated rings. The van der Waals surface area contributed by atoms with Crippen LogP contribution < -0.4 is 4.74 Å². The quantitative estimate of drug-likeness (QED) is 0.441. The highest BCUT2D eigenvalue weighted by atomic mass is 32.1. The lowest BCUT2D eigenvalue weighted by Gasteiger charge is -2.26. The van der Waals surface area contributed by atoms with Gasteiger partial charge in [0.05, 0.1) is 30.3 Å². The zero-order chi connectivity index (χ0) is 24.8. The first-order valence-electron chi connectivity index (χ1n) is 11.4. The molecule has 2 aromatic carbocycles. The molecule has 0 spiro atoms. The van der Waals surface area contributed by atoms with E-state index in [0.717, 1.165) is 28.2 Å². The van der Waals surface area contributed by atoms with Crippen molar-refractivity contribution in [3.63, 3.8) is 0 Å². The van der Waals surface area contributed by atoms with Gasteiger partial charge < -0.3 is 14.4 Å². The number of benzene rings is 2. The zero-order valence-electron chi connectivity index (χ0n) is 20.1. The predicted molar refractivity (Wildman–Crippen MR) is 137 cm³/mol. The van der Waals surface area contributed by atoms with E-state index >= 15 is 0 Å². The minimum absolute atomic E-state index is 0.0860. The summed E-state index contributed by atoms with van der Waals surface area (Å²) in [7, 11) is 3.20. The van der Waals surface area contributed by atoms with Gasteiger partial charge in [0.15, 0.2) is 0 Å². The summed E-state index contributed by atoms with van der Waals surface area (Å²) in [4.78, 5) is 28.8. The Hall–Kier alpha value is -3.49. The average molecular weight is 492 g/mol. The number of hydrogen-bond acceptors (Lipinski definition) is 6. The number of nitrogens with zero attached hydrogens (tertiary/aromatic N) is 3. The van der Waals surface area contributed by atoms with Crippen LogP contribution in [0.1, 0.15) is 38.8 Å². The molecule has 0 radical (unpaired) electrons. The van der Waals surface area contributed by atoms with Crippen molar-refractivity contribution >= 4 is 28.9 Å². The van der Waals surface area contributed by atoms with Gasteiger partial charge >= 0.3 is 0 Å². The largest absolute Gasteiger partial charge is 0.497 e. The highest BCUT2D eigenvalue weighted by Gasteiger charge is 2.34. The number of aryl methyl sites for hydroxylation is 1. The van der Waals surface area contributed by atoms with Crippen molar-refractivity contribution in [3.8, 4) is 5.75 Å². The molecule has 3 aromatic rings. The lowest BCUT2D eigenvalue weighted by molar-refractivity contribution is -0.133. The van der Waals surface area contributed by atoms with Crippen molar-refractivity contribution in [1.82, 2.24) is 9.91 Å². The molecule has 0 N–H and O–H groups in total. The number of methoxy groups -OCH3 is 2. The Kier molecular flexibility index (Phi) is 7.94. The van der Waals surface area contributed by atoms with Gasteiger partial charge in [-0.25, -0.2) is 5.01 Å². The van der Waals surface area contributed by atoms with E-state index in [9.17, 15) is 9.59 Å². The predicted octanol–water partition coefficient (Wildman–Crippen LogP) is 4.53. The minimum atomic E-state index is -0.259. The molecule has 1 aliphatic heterocycles. The summed E-state index contributed by atoms with van der Waals surface area (Å²) in [6.07, 6.45) is 0.568. The molecule has 182 valence electrons. The molecule has 7 nitrogen and oxygen atoms in total. The Morgan fingerprint density at radius 3 is 2.60 bits per heavy atom. The van der Waals surface area contributed by atoms with Crippen molar-refractivity contribution in [1.29, 1.82) is 0 Å². The smallest absolute Gasteiger partial charge is 0.264 e. The summed E-state index contributed by atoms with van der Waals surface area (Å²) in [5.41, 5.74) is 3.85. The van der Waals surface area contributed by atoms with Gasteiger partial charge in [0.25, 0.3) is 11.8 Å². The SMILES string of the molecule is COCCN(CC(=O)N1N=C(c2cccc(OC)c2)CC1c1ccc(C)cc1)C(=O)c1cccs1. The lowest BCUT2D eigenvalue weighted by Crippen LogP contribution is -2.42. The Morgan fingerprint density at radius 1 is 1.11 bits per heavy atom. The van der Waals surface area contributed by atoms with Gasteiger partial charge in [-0.3, -0.25) is 9.59 Å². The highest BCUT2D eigenvalue weighted by molar-refractivity contribution is 7.12. The molecule has 8 heteroatoms. The normalized spacial score (nSPS) is 15.1. The number of hydrogen-bond donors (Lipinski definition) is 0. The van der Waals surface area contributed by atoms with Crippen molar-refractivity contribution in [2.24, 2.45) is 5.10 Å². The molecule has 1 unspecified atom stereocenters. The summed E-state index contributed by atoms with van der Waals surface area (Å²) in [5.74, 6) is 0.303. The molecule has 4 rings (SSSR count). The Labute approximate surface area is 209 Å². The van der Waals surface area contributed by atoms with E-state index in [2.05, 4.69) is 0 Å². The maximum atomic E-state index is 13.6. The van der Waals surface area contributed by atoms with Crippen LogP contribution in [0.5, 0.6) is 5.75 Å². The van der Waals surface area contributed by atoms with Crippen molar-refractivity contribution in [2.45, 2.75) is 19.4 Å². The van der Waals surface area contributed by atoms with Gasteiger partial charge in [0.1, 0.15) is 12.3 Å². The van der Waals surface area contributed by atoms with Gasteiger partial charge in [-0.1, -0.05) is 48.0 Å². The number of thiophene rings is 1. The second-order valence-electron chi connectivity index (χ2n) is 8.34. The maximum Gasteiger partial charge on any atom is 0.264 e. The van der Waals surface area contributed by atoms with Crippen LogP contribution in [0.15, 0.2) is 71.1 Å². The number of carbonyl (C=O) groups is 2. The van der Waals surface area contributed by atoms with Crippen molar-refractivity contribution < 1.29 is 19.1 Å². The molecular formula is C27H29N3O4S. The van der Waals surface area contributed by atoms with E-state index in [1.54, 1.807) is 20.3 Å². The number of rotatable bonds is 9. The molecule has 1 aromatic heterocycles. The minimum Gasteiger partial charge on any atom is -0.497 e. The van der Waals surface area contributed by atoms with Crippen molar-refractivity contribution in [3.05, 3.63) is 87.6 Å².